The van der Waals surface area contributed by atoms with Gasteiger partial charge in [0.2, 0.25) is 0 Å². The van der Waals surface area contributed by atoms with Gasteiger partial charge in [-0.25, -0.2) is 4.79 Å². The maximum Gasteiger partial charge on any atom is 0.329 e. The second-order valence-corrected chi connectivity index (χ2v) is 2.26. The van der Waals surface area contributed by atoms with Gasteiger partial charge in [0.25, 0.3) is 5.91 Å². The van der Waals surface area contributed by atoms with Crippen LogP contribution in [0.4, 0.5) is 0 Å². The zero-order chi connectivity index (χ0) is 8.59. The predicted molar refractivity (Wildman–Crippen MR) is 31.6 cm³/mol. The fourth-order valence-corrected chi connectivity index (χ4v) is 0.869. The van der Waals surface area contributed by atoms with Crippen LogP contribution in [0.2, 0.25) is 0 Å². The smallest absolute Gasteiger partial charge is 0.329 e. The molecule has 1 aliphatic heterocycles. The molecule has 0 radical (unpaired) electrons. The van der Waals surface area contributed by atoms with E-state index in [-0.39, 0.29) is 0 Å². The zero-order valence-electron chi connectivity index (χ0n) is 5.39. The largest absolute Gasteiger partial charge is 0.480 e. The van der Waals surface area contributed by atoms with Crippen LogP contribution in [-0.2, 0) is 9.59 Å². The van der Waals surface area contributed by atoms with E-state index in [0.29, 0.717) is 0 Å². The van der Waals surface area contributed by atoms with Gasteiger partial charge in [-0.1, -0.05) is 0 Å². The summed E-state index contributed by atoms with van der Waals surface area (Å²) in [5.41, 5.74) is 0. The number of nitrogens with one attached hydrogen (secondary N) is 1. The number of hydrogen-bond acceptors (Lipinski definition) is 4. The van der Waals surface area contributed by atoms with Crippen molar-refractivity contribution < 1.29 is 24.9 Å². The average Bonchev–Trinajstić information content (AvgIpc) is 2.17. The van der Waals surface area contributed by atoms with Gasteiger partial charge in [0, 0.05) is 0 Å². The van der Waals surface area contributed by atoms with Crippen molar-refractivity contribution in [1.29, 1.82) is 0 Å². The summed E-state index contributed by atoms with van der Waals surface area (Å²) in [6, 6.07) is -1.39. The molecular formula is C5H7NO5. The lowest BCUT2D eigenvalue weighted by molar-refractivity contribution is -0.142. The van der Waals surface area contributed by atoms with Crippen molar-refractivity contribution in [2.24, 2.45) is 0 Å². The Labute approximate surface area is 61.4 Å². The number of carboxylic acid groups (broad SMARTS) is 1. The van der Waals surface area contributed by atoms with E-state index in [1.54, 1.807) is 0 Å². The summed E-state index contributed by atoms with van der Waals surface area (Å²) in [4.78, 5) is 20.7. The molecule has 11 heavy (non-hydrogen) atoms. The molecule has 0 bridgehead atoms. The van der Waals surface area contributed by atoms with E-state index in [1.807, 2.05) is 5.32 Å². The molecule has 1 rings (SSSR count). The Balaban J connectivity index is 2.74. The number of carboxylic acids is 1. The predicted octanol–water partition coefficient (Wildman–Crippen LogP) is -2.71. The van der Waals surface area contributed by atoms with Gasteiger partial charge in [-0.2, -0.15) is 0 Å². The number of aliphatic hydroxyl groups excluding tert-OH is 2. The molecule has 1 aliphatic rings. The molecule has 0 aromatic heterocycles. The lowest BCUT2D eigenvalue weighted by atomic mass is 10.1. The Morgan fingerprint density at radius 1 is 1.45 bits per heavy atom. The zero-order valence-corrected chi connectivity index (χ0v) is 5.39. The van der Waals surface area contributed by atoms with Crippen molar-refractivity contribution in [2.75, 3.05) is 0 Å². The molecule has 6 heteroatoms. The third-order valence-electron chi connectivity index (χ3n) is 1.50. The molecule has 1 fully saturated rings. The van der Waals surface area contributed by atoms with Gasteiger partial charge in [-0.05, 0) is 0 Å². The minimum atomic E-state index is -1.63. The number of amides is 1. The highest BCUT2D eigenvalue weighted by atomic mass is 16.4. The first-order chi connectivity index (χ1) is 5.04. The molecule has 3 atom stereocenters. The Morgan fingerprint density at radius 3 is 2.18 bits per heavy atom. The van der Waals surface area contributed by atoms with Crippen LogP contribution in [0.15, 0.2) is 0 Å². The standard InChI is InChI=1S/C5H7NO5/c7-2-1(5(10)11)6-4(9)3(2)8/h1-3,7-8H,(H,6,9)(H,10,11). The van der Waals surface area contributed by atoms with Gasteiger partial charge >= 0.3 is 5.97 Å². The minimum Gasteiger partial charge on any atom is -0.480 e. The number of carbonyl (C=O) groups is 2. The fourth-order valence-electron chi connectivity index (χ4n) is 0.869. The maximum atomic E-state index is 10.5. The van der Waals surface area contributed by atoms with E-state index in [0.717, 1.165) is 0 Å². The normalized spacial score (nSPS) is 36.9. The van der Waals surface area contributed by atoms with Gasteiger partial charge in [0.05, 0.1) is 0 Å². The van der Waals surface area contributed by atoms with Crippen molar-refractivity contribution in [3.63, 3.8) is 0 Å². The summed E-state index contributed by atoms with van der Waals surface area (Å²) < 4.78 is 0. The highest BCUT2D eigenvalue weighted by molar-refractivity contribution is 5.91. The molecule has 0 spiro atoms. The molecule has 1 amide bonds. The molecule has 0 aromatic carbocycles. The molecular weight excluding hydrogens is 154 g/mol. The summed E-state index contributed by atoms with van der Waals surface area (Å²) in [6.45, 7) is 0. The van der Waals surface area contributed by atoms with Crippen molar-refractivity contribution in [3.8, 4) is 0 Å². The number of hydrogen-bond donors (Lipinski definition) is 4. The lowest BCUT2D eigenvalue weighted by Gasteiger charge is -2.08. The maximum absolute atomic E-state index is 10.5. The summed E-state index contributed by atoms with van der Waals surface area (Å²) in [7, 11) is 0. The molecule has 6 nitrogen and oxygen atoms in total. The topological polar surface area (TPSA) is 107 Å². The van der Waals surface area contributed by atoms with E-state index < -0.39 is 30.1 Å². The SMILES string of the molecule is O=C1NC(C(=O)O)C(O)C1O. The highest BCUT2D eigenvalue weighted by Crippen LogP contribution is 2.08. The second kappa shape index (κ2) is 2.48. The highest BCUT2D eigenvalue weighted by Gasteiger charge is 2.43. The van der Waals surface area contributed by atoms with Crippen LogP contribution in [0.5, 0.6) is 0 Å². The first-order valence-electron chi connectivity index (χ1n) is 2.93. The number of carbonyl (C=O) groups excluding carboxylic acids is 1. The number of aliphatic carboxylic acids is 1. The monoisotopic (exact) mass is 161 g/mol. The van der Waals surface area contributed by atoms with Gasteiger partial charge in [0.15, 0.2) is 12.1 Å². The van der Waals surface area contributed by atoms with E-state index in [4.69, 9.17) is 15.3 Å². The van der Waals surface area contributed by atoms with E-state index in [9.17, 15) is 9.59 Å². The van der Waals surface area contributed by atoms with E-state index in [1.165, 1.54) is 0 Å². The van der Waals surface area contributed by atoms with Gasteiger partial charge in [-0.3, -0.25) is 4.79 Å². The third kappa shape index (κ3) is 1.17. The van der Waals surface area contributed by atoms with E-state index >= 15 is 0 Å². The molecule has 3 unspecified atom stereocenters. The van der Waals surface area contributed by atoms with Gasteiger partial charge in [0.1, 0.15) is 6.10 Å². The van der Waals surface area contributed by atoms with Crippen molar-refractivity contribution in [1.82, 2.24) is 5.32 Å². The minimum absolute atomic E-state index is 0.857. The summed E-state index contributed by atoms with van der Waals surface area (Å²) in [5, 5.41) is 27.9. The van der Waals surface area contributed by atoms with Crippen LogP contribution in [0, 0.1) is 0 Å². The number of rotatable bonds is 1. The average molecular weight is 161 g/mol. The quantitative estimate of drug-likeness (QED) is 0.334. The molecule has 0 aliphatic carbocycles. The Hall–Kier alpha value is -1.14. The van der Waals surface area contributed by atoms with E-state index in [2.05, 4.69) is 0 Å². The first kappa shape index (κ1) is 7.96. The summed E-state index contributed by atoms with van der Waals surface area (Å²) in [6.07, 6.45) is -3.18. The van der Waals surface area contributed by atoms with Crippen LogP contribution in [-0.4, -0.2) is 45.4 Å². The first-order valence-corrected chi connectivity index (χ1v) is 2.93. The Bertz CT molecular complexity index is 203. The van der Waals surface area contributed by atoms with Crippen LogP contribution < -0.4 is 5.32 Å². The Kier molecular flexibility index (Phi) is 1.79. The summed E-state index contributed by atoms with van der Waals surface area (Å²) in [5.74, 6) is -2.22. The molecule has 0 aromatic rings. The molecule has 0 saturated carbocycles. The molecule has 4 N–H and O–H groups in total. The lowest BCUT2D eigenvalue weighted by Crippen LogP contribution is -2.40. The molecule has 1 heterocycles. The molecule has 1 saturated heterocycles. The fraction of sp³-hybridized carbons (Fsp3) is 0.600. The third-order valence-corrected chi connectivity index (χ3v) is 1.50. The van der Waals surface area contributed by atoms with Crippen LogP contribution in [0.25, 0.3) is 0 Å². The van der Waals surface area contributed by atoms with Gasteiger partial charge in [-0.15, -0.1) is 0 Å². The van der Waals surface area contributed by atoms with Crippen LogP contribution in [0.1, 0.15) is 0 Å². The van der Waals surface area contributed by atoms with Crippen LogP contribution in [0.3, 0.4) is 0 Å². The van der Waals surface area contributed by atoms with Crippen molar-refractivity contribution >= 4 is 11.9 Å². The van der Waals surface area contributed by atoms with Gasteiger partial charge < -0.3 is 20.6 Å². The summed E-state index contributed by atoms with van der Waals surface area (Å²) >= 11 is 0. The second-order valence-electron chi connectivity index (χ2n) is 2.26. The van der Waals surface area contributed by atoms with Crippen molar-refractivity contribution in [2.45, 2.75) is 18.2 Å². The van der Waals surface area contributed by atoms with Crippen molar-refractivity contribution in [3.05, 3.63) is 0 Å². The Morgan fingerprint density at radius 2 is 2.00 bits per heavy atom. The molecule has 62 valence electrons. The van der Waals surface area contributed by atoms with Crippen LogP contribution >= 0.6 is 0 Å². The number of aliphatic hydroxyl groups is 2.